The first-order valence-corrected chi connectivity index (χ1v) is 9.58. The molecule has 1 aliphatic heterocycles. The van der Waals surface area contributed by atoms with E-state index in [1.165, 1.54) is 31.1 Å². The lowest BCUT2D eigenvalue weighted by Gasteiger charge is -2.31. The molecule has 1 aromatic carbocycles. The normalized spacial score (nSPS) is 14.1. The Balaban J connectivity index is 1.47. The number of benzene rings is 1. The number of carbonyl (C=O) groups excluding carboxylic acids is 2. The Labute approximate surface area is 169 Å². The molecule has 150 valence electrons. The summed E-state index contributed by atoms with van der Waals surface area (Å²) < 4.78 is 10.0. The molecule has 29 heavy (non-hydrogen) atoms. The van der Waals surface area contributed by atoms with Crippen LogP contribution in [0.4, 0.5) is 4.79 Å². The molecule has 0 aliphatic carbocycles. The minimum absolute atomic E-state index is 0.220. The number of rotatable bonds is 5. The highest BCUT2D eigenvalue weighted by atomic mass is 16.6. The van der Waals surface area contributed by atoms with Crippen LogP contribution in [-0.4, -0.2) is 42.1 Å². The average Bonchev–Trinajstić information content (AvgIpc) is 2.77. The fourth-order valence-corrected chi connectivity index (χ4v) is 3.44. The van der Waals surface area contributed by atoms with Crippen LogP contribution in [0.15, 0.2) is 42.7 Å². The lowest BCUT2D eigenvalue weighted by molar-refractivity contribution is 0.0599. The van der Waals surface area contributed by atoms with Crippen molar-refractivity contribution >= 4 is 12.1 Å². The van der Waals surface area contributed by atoms with Gasteiger partial charge < -0.3 is 14.4 Å². The van der Waals surface area contributed by atoms with Gasteiger partial charge in [-0.15, -0.1) is 0 Å². The van der Waals surface area contributed by atoms with Crippen LogP contribution in [0.3, 0.4) is 0 Å². The van der Waals surface area contributed by atoms with E-state index in [1.54, 1.807) is 4.90 Å². The Morgan fingerprint density at radius 2 is 2.03 bits per heavy atom. The summed E-state index contributed by atoms with van der Waals surface area (Å²) in [4.78, 5) is 29.6. The average molecular weight is 393 g/mol. The van der Waals surface area contributed by atoms with Gasteiger partial charge in [0.15, 0.2) is 5.75 Å². The molecule has 0 bridgehead atoms. The maximum Gasteiger partial charge on any atom is 0.415 e. The molecule has 7 nitrogen and oxygen atoms in total. The number of piperidine rings is 1. The molecule has 3 rings (SSSR count). The van der Waals surface area contributed by atoms with E-state index in [1.807, 2.05) is 24.3 Å². The Morgan fingerprint density at radius 3 is 2.76 bits per heavy atom. The third kappa shape index (κ3) is 5.55. The van der Waals surface area contributed by atoms with E-state index >= 15 is 0 Å². The van der Waals surface area contributed by atoms with Crippen molar-refractivity contribution < 1.29 is 19.1 Å². The summed E-state index contributed by atoms with van der Waals surface area (Å²) in [7, 11) is 1.28. The number of methoxy groups -OCH3 is 1. The molecule has 0 N–H and O–H groups in total. The molecule has 1 amide bonds. The molecular formula is C22H23N3O4. The molecule has 1 fully saturated rings. The topological polar surface area (TPSA) is 92.5 Å². The first-order chi connectivity index (χ1) is 14.1. The van der Waals surface area contributed by atoms with Crippen LogP contribution in [-0.2, 0) is 11.2 Å². The third-order valence-corrected chi connectivity index (χ3v) is 5.11. The second-order valence-corrected chi connectivity index (χ2v) is 7.05. The molecule has 1 aromatic heterocycles. The molecular weight excluding hydrogens is 370 g/mol. The second kappa shape index (κ2) is 9.69. The first kappa shape index (κ1) is 20.3. The second-order valence-electron chi connectivity index (χ2n) is 7.05. The van der Waals surface area contributed by atoms with Gasteiger partial charge in [-0.1, -0.05) is 12.1 Å². The summed E-state index contributed by atoms with van der Waals surface area (Å²) in [6, 6.07) is 11.3. The molecule has 2 heterocycles. The highest BCUT2D eigenvalue weighted by molar-refractivity contribution is 5.89. The number of hydrogen-bond donors (Lipinski definition) is 0. The van der Waals surface area contributed by atoms with Crippen LogP contribution in [0, 0.1) is 17.2 Å². The van der Waals surface area contributed by atoms with E-state index in [4.69, 9.17) is 10.00 Å². The standard InChI is InChI=1S/C22H23N3O4/c1-28-21(26)19-12-20(15-24-14-19)29-22(27)25-9-7-16(8-10-25)5-6-17-3-2-4-18(11-17)13-23/h2-4,11-12,14-16H,5-10H2,1H3. The molecule has 0 atom stereocenters. The van der Waals surface area contributed by atoms with Crippen LogP contribution in [0.2, 0.25) is 0 Å². The van der Waals surface area contributed by atoms with E-state index in [-0.39, 0.29) is 11.3 Å². The van der Waals surface area contributed by atoms with Crippen molar-refractivity contribution in [3.63, 3.8) is 0 Å². The highest BCUT2D eigenvalue weighted by Gasteiger charge is 2.24. The molecule has 1 saturated heterocycles. The fourth-order valence-electron chi connectivity index (χ4n) is 3.44. The molecule has 0 radical (unpaired) electrons. The van der Waals surface area contributed by atoms with Crippen LogP contribution in [0.5, 0.6) is 5.75 Å². The number of aryl methyl sites for hydroxylation is 1. The lowest BCUT2D eigenvalue weighted by Crippen LogP contribution is -2.40. The molecule has 7 heteroatoms. The van der Waals surface area contributed by atoms with Gasteiger partial charge in [0, 0.05) is 19.3 Å². The minimum atomic E-state index is -0.531. The maximum absolute atomic E-state index is 12.4. The van der Waals surface area contributed by atoms with E-state index in [2.05, 4.69) is 15.8 Å². The summed E-state index contributed by atoms with van der Waals surface area (Å²) in [5.74, 6) is 0.225. The predicted molar refractivity (Wildman–Crippen MR) is 105 cm³/mol. The number of carbonyl (C=O) groups is 2. The molecule has 0 saturated carbocycles. The Hall–Kier alpha value is -3.40. The Morgan fingerprint density at radius 1 is 1.24 bits per heavy atom. The van der Waals surface area contributed by atoms with Crippen molar-refractivity contribution in [3.8, 4) is 11.8 Å². The number of hydrogen-bond acceptors (Lipinski definition) is 6. The van der Waals surface area contributed by atoms with E-state index in [0.717, 1.165) is 25.7 Å². The summed E-state index contributed by atoms with van der Waals surface area (Å²) in [6.45, 7) is 1.26. The third-order valence-electron chi connectivity index (χ3n) is 5.11. The molecule has 0 unspecified atom stereocenters. The van der Waals surface area contributed by atoms with Gasteiger partial charge in [-0.2, -0.15) is 5.26 Å². The van der Waals surface area contributed by atoms with Crippen molar-refractivity contribution in [1.82, 2.24) is 9.88 Å². The Kier molecular flexibility index (Phi) is 6.80. The van der Waals surface area contributed by atoms with Crippen molar-refractivity contribution in [1.29, 1.82) is 5.26 Å². The smallest absolute Gasteiger partial charge is 0.415 e. The quantitative estimate of drug-likeness (QED) is 0.721. The summed E-state index contributed by atoms with van der Waals surface area (Å²) in [5.41, 5.74) is 2.09. The lowest BCUT2D eigenvalue weighted by atomic mass is 9.90. The van der Waals surface area contributed by atoms with E-state index < -0.39 is 12.1 Å². The van der Waals surface area contributed by atoms with Crippen molar-refractivity contribution in [3.05, 3.63) is 59.4 Å². The summed E-state index contributed by atoms with van der Waals surface area (Å²) in [5, 5.41) is 8.99. The zero-order chi connectivity index (χ0) is 20.6. The number of aromatic nitrogens is 1. The van der Waals surface area contributed by atoms with Crippen LogP contribution in [0.25, 0.3) is 0 Å². The predicted octanol–water partition coefficient (Wildman–Crippen LogP) is 3.58. The number of ether oxygens (including phenoxy) is 2. The Bertz CT molecular complexity index is 914. The van der Waals surface area contributed by atoms with Gasteiger partial charge in [-0.3, -0.25) is 4.98 Å². The number of nitriles is 1. The van der Waals surface area contributed by atoms with Crippen molar-refractivity contribution in [2.75, 3.05) is 20.2 Å². The van der Waals surface area contributed by atoms with Gasteiger partial charge in [-0.05, 0) is 55.4 Å². The van der Waals surface area contributed by atoms with Gasteiger partial charge >= 0.3 is 12.1 Å². The molecule has 1 aliphatic rings. The van der Waals surface area contributed by atoms with Crippen molar-refractivity contribution in [2.45, 2.75) is 25.7 Å². The SMILES string of the molecule is COC(=O)c1cncc(OC(=O)N2CCC(CCc3cccc(C#N)c3)CC2)c1. The van der Waals surface area contributed by atoms with Crippen molar-refractivity contribution in [2.24, 2.45) is 5.92 Å². The minimum Gasteiger partial charge on any atom is -0.465 e. The molecule has 2 aromatic rings. The monoisotopic (exact) mass is 393 g/mol. The fraction of sp³-hybridized carbons (Fsp3) is 0.364. The van der Waals surface area contributed by atoms with Gasteiger partial charge in [-0.25, -0.2) is 9.59 Å². The van der Waals surface area contributed by atoms with E-state index in [0.29, 0.717) is 24.6 Å². The zero-order valence-electron chi connectivity index (χ0n) is 16.3. The number of amides is 1. The summed E-state index contributed by atoms with van der Waals surface area (Å²) >= 11 is 0. The van der Waals surface area contributed by atoms with Gasteiger partial charge in [0.25, 0.3) is 0 Å². The zero-order valence-corrected chi connectivity index (χ0v) is 16.3. The number of nitrogens with zero attached hydrogens (tertiary/aromatic N) is 3. The highest BCUT2D eigenvalue weighted by Crippen LogP contribution is 2.24. The van der Waals surface area contributed by atoms with Crippen LogP contribution in [0.1, 0.15) is 40.7 Å². The first-order valence-electron chi connectivity index (χ1n) is 9.58. The van der Waals surface area contributed by atoms with Crippen LogP contribution < -0.4 is 4.74 Å². The van der Waals surface area contributed by atoms with Gasteiger partial charge in [0.2, 0.25) is 0 Å². The number of pyridine rings is 1. The maximum atomic E-state index is 12.4. The number of esters is 1. The van der Waals surface area contributed by atoms with Gasteiger partial charge in [0.05, 0.1) is 30.5 Å². The van der Waals surface area contributed by atoms with Gasteiger partial charge in [0.1, 0.15) is 0 Å². The number of likely N-dealkylation sites (tertiary alicyclic amines) is 1. The van der Waals surface area contributed by atoms with Crippen LogP contribution >= 0.6 is 0 Å². The largest absolute Gasteiger partial charge is 0.465 e. The van der Waals surface area contributed by atoms with E-state index in [9.17, 15) is 9.59 Å². The molecule has 0 spiro atoms. The summed E-state index contributed by atoms with van der Waals surface area (Å²) in [6.07, 6.45) is 6.10.